The van der Waals surface area contributed by atoms with Crippen LogP contribution in [0.3, 0.4) is 0 Å². The van der Waals surface area contributed by atoms with Gasteiger partial charge in [-0.1, -0.05) is 37.3 Å². The Balaban J connectivity index is 1.64. The van der Waals surface area contributed by atoms with E-state index in [1.54, 1.807) is 19.1 Å². The zero-order valence-corrected chi connectivity index (χ0v) is 20.8. The highest BCUT2D eigenvalue weighted by molar-refractivity contribution is 7.13. The number of anilines is 1. The molecule has 0 fully saturated rings. The number of halogens is 4. The van der Waals surface area contributed by atoms with Crippen molar-refractivity contribution in [2.24, 2.45) is 0 Å². The molecule has 0 radical (unpaired) electrons. The number of carbonyl (C=O) groups excluding carboxylic acids is 2. The van der Waals surface area contributed by atoms with Crippen LogP contribution < -0.4 is 10.2 Å². The summed E-state index contributed by atoms with van der Waals surface area (Å²) in [7, 11) is 0. The van der Waals surface area contributed by atoms with E-state index in [9.17, 15) is 27.2 Å². The van der Waals surface area contributed by atoms with Crippen LogP contribution >= 0.6 is 11.3 Å². The van der Waals surface area contributed by atoms with Crippen molar-refractivity contribution in [2.45, 2.75) is 38.7 Å². The van der Waals surface area contributed by atoms with Gasteiger partial charge in [0.15, 0.2) is 0 Å². The molecular weight excluding hydrogens is 524 g/mol. The molecule has 1 atom stereocenters. The number of amides is 2. The fourth-order valence-corrected chi connectivity index (χ4v) is 4.45. The fourth-order valence-electron chi connectivity index (χ4n) is 3.81. The second kappa shape index (κ2) is 11.5. The third-order valence-electron chi connectivity index (χ3n) is 5.59. The standard InChI is InChI=1S/C25H22F4N6O2S/c1-2-19(24(37)30-14-16-9-11-17(26)12-10-16)35(20-7-4-3-6-18(20)25(27,28)29)22(36)15-34-32-23(31-33-34)21-8-5-13-38-21/h3-13,19H,2,14-15H2,1H3,(H,30,37)/t19-/m0/s1. The quantitative estimate of drug-likeness (QED) is 0.308. The van der Waals surface area contributed by atoms with E-state index < -0.39 is 47.6 Å². The van der Waals surface area contributed by atoms with Gasteiger partial charge in [-0.2, -0.15) is 18.0 Å². The summed E-state index contributed by atoms with van der Waals surface area (Å²) >= 11 is 1.36. The predicted octanol–water partition coefficient (Wildman–Crippen LogP) is 4.69. The molecule has 198 valence electrons. The molecule has 0 aliphatic carbocycles. The molecule has 38 heavy (non-hydrogen) atoms. The van der Waals surface area contributed by atoms with Crippen molar-refractivity contribution in [1.29, 1.82) is 0 Å². The van der Waals surface area contributed by atoms with E-state index in [1.807, 2.05) is 5.38 Å². The Kier molecular flexibility index (Phi) is 8.15. The van der Waals surface area contributed by atoms with Crippen molar-refractivity contribution >= 4 is 28.8 Å². The monoisotopic (exact) mass is 546 g/mol. The number of nitrogens with zero attached hydrogens (tertiary/aromatic N) is 5. The lowest BCUT2D eigenvalue weighted by molar-refractivity contribution is -0.137. The highest BCUT2D eigenvalue weighted by atomic mass is 32.1. The van der Waals surface area contributed by atoms with Crippen LogP contribution in [0.4, 0.5) is 23.2 Å². The predicted molar refractivity (Wildman–Crippen MR) is 132 cm³/mol. The van der Waals surface area contributed by atoms with Crippen molar-refractivity contribution in [2.75, 3.05) is 4.90 Å². The van der Waals surface area contributed by atoms with Crippen LogP contribution in [0.5, 0.6) is 0 Å². The molecule has 2 aromatic heterocycles. The topological polar surface area (TPSA) is 93.0 Å². The number of aromatic nitrogens is 4. The van der Waals surface area contributed by atoms with Gasteiger partial charge in [0.2, 0.25) is 11.7 Å². The molecule has 0 aliphatic rings. The molecule has 2 heterocycles. The van der Waals surface area contributed by atoms with Crippen LogP contribution in [0.15, 0.2) is 66.0 Å². The Hall–Kier alpha value is -4.13. The first kappa shape index (κ1) is 26.9. The first-order valence-electron chi connectivity index (χ1n) is 11.5. The summed E-state index contributed by atoms with van der Waals surface area (Å²) in [6.45, 7) is 1.03. The van der Waals surface area contributed by atoms with Crippen LogP contribution in [0, 0.1) is 5.82 Å². The van der Waals surface area contributed by atoms with Crippen molar-refractivity contribution < 1.29 is 27.2 Å². The van der Waals surface area contributed by atoms with Crippen LogP contribution in [-0.2, 0) is 28.9 Å². The minimum Gasteiger partial charge on any atom is -0.350 e. The van der Waals surface area contributed by atoms with Gasteiger partial charge < -0.3 is 5.32 Å². The van der Waals surface area contributed by atoms with Crippen molar-refractivity contribution in [1.82, 2.24) is 25.5 Å². The summed E-state index contributed by atoms with van der Waals surface area (Å²) in [5.41, 5.74) is -0.951. The van der Waals surface area contributed by atoms with Gasteiger partial charge in [0, 0.05) is 6.54 Å². The third-order valence-corrected chi connectivity index (χ3v) is 6.46. The average molecular weight is 547 g/mol. The largest absolute Gasteiger partial charge is 0.418 e. The number of benzene rings is 2. The summed E-state index contributed by atoms with van der Waals surface area (Å²) in [5.74, 6) is -1.69. The van der Waals surface area contributed by atoms with Crippen molar-refractivity contribution in [3.8, 4) is 10.7 Å². The Labute approximate surface area is 218 Å². The van der Waals surface area contributed by atoms with Gasteiger partial charge in [-0.25, -0.2) is 4.39 Å². The number of thiophene rings is 1. The number of carbonyl (C=O) groups is 2. The first-order valence-corrected chi connectivity index (χ1v) is 12.4. The molecule has 4 rings (SSSR count). The molecule has 0 aliphatic heterocycles. The highest BCUT2D eigenvalue weighted by Gasteiger charge is 2.39. The molecule has 4 aromatic rings. The molecule has 0 spiro atoms. The lowest BCUT2D eigenvalue weighted by Crippen LogP contribution is -2.51. The molecule has 0 unspecified atom stereocenters. The van der Waals surface area contributed by atoms with E-state index >= 15 is 0 Å². The van der Waals surface area contributed by atoms with E-state index in [-0.39, 0.29) is 18.8 Å². The zero-order chi connectivity index (χ0) is 27.3. The molecule has 8 nitrogen and oxygen atoms in total. The number of tetrazole rings is 1. The minimum absolute atomic E-state index is 0.00658. The first-order chi connectivity index (χ1) is 18.2. The lowest BCUT2D eigenvalue weighted by Gasteiger charge is -2.32. The minimum atomic E-state index is -4.78. The molecule has 1 N–H and O–H groups in total. The maximum absolute atomic E-state index is 13.9. The molecule has 2 amide bonds. The van der Waals surface area contributed by atoms with Crippen LogP contribution in [-0.4, -0.2) is 38.1 Å². The van der Waals surface area contributed by atoms with Gasteiger partial charge in [-0.05, 0) is 52.9 Å². The second-order valence-electron chi connectivity index (χ2n) is 8.17. The van der Waals surface area contributed by atoms with Crippen LogP contribution in [0.25, 0.3) is 10.7 Å². The normalized spacial score (nSPS) is 12.2. The van der Waals surface area contributed by atoms with E-state index in [2.05, 4.69) is 20.7 Å². The molecule has 0 saturated carbocycles. The average Bonchev–Trinajstić information content (AvgIpc) is 3.58. The van der Waals surface area contributed by atoms with Crippen LogP contribution in [0.2, 0.25) is 0 Å². The Bertz CT molecular complexity index is 1390. The van der Waals surface area contributed by atoms with Crippen LogP contribution in [0.1, 0.15) is 24.5 Å². The molecule has 0 bridgehead atoms. The van der Waals surface area contributed by atoms with Gasteiger partial charge in [-0.15, -0.1) is 21.5 Å². The van der Waals surface area contributed by atoms with Crippen molar-refractivity contribution in [3.63, 3.8) is 0 Å². The maximum atomic E-state index is 13.9. The van der Waals surface area contributed by atoms with E-state index in [1.165, 1.54) is 47.7 Å². The molecular formula is C25H22F4N6O2S. The zero-order valence-electron chi connectivity index (χ0n) is 20.0. The van der Waals surface area contributed by atoms with E-state index in [0.29, 0.717) is 10.4 Å². The fraction of sp³-hybridized carbons (Fsp3) is 0.240. The van der Waals surface area contributed by atoms with Gasteiger partial charge in [0.1, 0.15) is 18.4 Å². The number of hydrogen-bond acceptors (Lipinski definition) is 6. The molecule has 13 heteroatoms. The summed E-state index contributed by atoms with van der Waals surface area (Å²) in [6, 6.07) is 12.2. The molecule has 2 aromatic carbocycles. The Morgan fingerprint density at radius 3 is 2.47 bits per heavy atom. The van der Waals surface area contributed by atoms with Gasteiger partial charge in [-0.3, -0.25) is 14.5 Å². The van der Waals surface area contributed by atoms with Gasteiger partial charge in [0.05, 0.1) is 16.1 Å². The smallest absolute Gasteiger partial charge is 0.350 e. The molecule has 0 saturated heterocycles. The number of nitrogens with one attached hydrogen (secondary N) is 1. The maximum Gasteiger partial charge on any atom is 0.418 e. The summed E-state index contributed by atoms with van der Waals surface area (Å²) in [6.07, 6.45) is -4.77. The number of hydrogen-bond donors (Lipinski definition) is 1. The highest BCUT2D eigenvalue weighted by Crippen LogP contribution is 2.37. The Morgan fingerprint density at radius 2 is 1.82 bits per heavy atom. The Morgan fingerprint density at radius 1 is 1.08 bits per heavy atom. The third kappa shape index (κ3) is 6.22. The van der Waals surface area contributed by atoms with Gasteiger partial charge in [0.25, 0.3) is 5.91 Å². The summed E-state index contributed by atoms with van der Waals surface area (Å²) < 4.78 is 55.0. The second-order valence-corrected chi connectivity index (χ2v) is 9.12. The van der Waals surface area contributed by atoms with E-state index in [4.69, 9.17) is 0 Å². The number of para-hydroxylation sites is 1. The summed E-state index contributed by atoms with van der Waals surface area (Å²) in [5, 5.41) is 16.4. The lowest BCUT2D eigenvalue weighted by atomic mass is 10.1. The van der Waals surface area contributed by atoms with E-state index in [0.717, 1.165) is 21.8 Å². The summed E-state index contributed by atoms with van der Waals surface area (Å²) in [4.78, 5) is 29.2. The number of rotatable bonds is 9. The van der Waals surface area contributed by atoms with Crippen molar-refractivity contribution in [3.05, 3.63) is 83.0 Å². The number of alkyl halides is 3. The van der Waals surface area contributed by atoms with Gasteiger partial charge >= 0.3 is 6.18 Å². The SMILES string of the molecule is CC[C@@H](C(=O)NCc1ccc(F)cc1)N(C(=O)Cn1nnc(-c2cccs2)n1)c1ccccc1C(F)(F)F.